The van der Waals surface area contributed by atoms with Crippen molar-refractivity contribution in [2.24, 2.45) is 0 Å². The van der Waals surface area contributed by atoms with Crippen LogP contribution < -0.4 is 4.72 Å². The maximum absolute atomic E-state index is 12.1. The first-order valence-corrected chi connectivity index (χ1v) is 7.71. The van der Waals surface area contributed by atoms with E-state index in [9.17, 15) is 8.42 Å². The average molecular weight is 296 g/mol. The van der Waals surface area contributed by atoms with Gasteiger partial charge in [-0.3, -0.25) is 0 Å². The van der Waals surface area contributed by atoms with Crippen molar-refractivity contribution in [3.05, 3.63) is 29.8 Å². The molecule has 0 bridgehead atoms. The molecule has 0 aliphatic rings. The summed E-state index contributed by atoms with van der Waals surface area (Å²) in [6, 6.07) is 6.35. The van der Waals surface area contributed by atoms with Gasteiger partial charge in [0.2, 0.25) is 10.0 Å². The van der Waals surface area contributed by atoms with Crippen LogP contribution in [0.3, 0.4) is 0 Å². The lowest BCUT2D eigenvalue weighted by Gasteiger charge is -2.19. The number of likely N-dealkylation sites (N-methyl/N-ethyl adjacent to an activating group) is 1. The molecule has 0 heterocycles. The molecule has 0 radical (unpaired) electrons. The van der Waals surface area contributed by atoms with Crippen LogP contribution in [0.5, 0.6) is 0 Å². The van der Waals surface area contributed by atoms with E-state index in [2.05, 4.69) is 16.6 Å². The Morgan fingerprint density at radius 2 is 1.90 bits per heavy atom. The normalized spacial score (nSPS) is 12.8. The molecule has 0 aromatic heterocycles. The Morgan fingerprint density at radius 1 is 1.30 bits per heavy atom. The molecule has 0 saturated heterocycles. The van der Waals surface area contributed by atoms with E-state index < -0.39 is 10.0 Å². The van der Waals surface area contributed by atoms with Crippen molar-refractivity contribution in [2.75, 3.05) is 27.2 Å². The summed E-state index contributed by atoms with van der Waals surface area (Å²) >= 11 is 0. The van der Waals surface area contributed by atoms with Gasteiger partial charge in [0.1, 0.15) is 6.61 Å². The van der Waals surface area contributed by atoms with E-state index >= 15 is 0 Å². The van der Waals surface area contributed by atoms with Gasteiger partial charge in [-0.1, -0.05) is 11.8 Å². The van der Waals surface area contributed by atoms with Crippen molar-refractivity contribution < 1.29 is 13.5 Å². The topological polar surface area (TPSA) is 69.6 Å². The fraction of sp³-hybridized carbons (Fsp3) is 0.429. The van der Waals surface area contributed by atoms with Gasteiger partial charge in [0.15, 0.2) is 0 Å². The molecule has 0 amide bonds. The van der Waals surface area contributed by atoms with Crippen LogP contribution in [0.4, 0.5) is 0 Å². The minimum absolute atomic E-state index is 0.111. The second kappa shape index (κ2) is 7.41. The van der Waals surface area contributed by atoms with Crippen LogP contribution in [-0.4, -0.2) is 51.7 Å². The number of nitrogens with zero attached hydrogens (tertiary/aromatic N) is 1. The van der Waals surface area contributed by atoms with Crippen LogP contribution in [-0.2, 0) is 10.0 Å². The first kappa shape index (κ1) is 16.7. The fourth-order valence-electron chi connectivity index (χ4n) is 1.36. The lowest BCUT2D eigenvalue weighted by atomic mass is 10.2. The van der Waals surface area contributed by atoms with Crippen molar-refractivity contribution in [3.63, 3.8) is 0 Å². The molecule has 0 saturated carbocycles. The zero-order valence-electron chi connectivity index (χ0n) is 11.9. The number of nitrogens with one attached hydrogen (secondary N) is 1. The third-order valence-electron chi connectivity index (χ3n) is 2.93. The molecule has 1 aromatic rings. The van der Waals surface area contributed by atoms with Gasteiger partial charge >= 0.3 is 0 Å². The van der Waals surface area contributed by atoms with Gasteiger partial charge < -0.3 is 10.0 Å². The fourth-order valence-corrected chi connectivity index (χ4v) is 2.48. The molecule has 0 spiro atoms. The Hall–Kier alpha value is -1.39. The van der Waals surface area contributed by atoms with E-state index in [-0.39, 0.29) is 17.5 Å². The van der Waals surface area contributed by atoms with E-state index in [1.54, 1.807) is 12.1 Å². The van der Waals surface area contributed by atoms with Gasteiger partial charge in [-0.2, -0.15) is 0 Å². The second-order valence-electron chi connectivity index (χ2n) is 4.65. The molecule has 0 fully saturated rings. The number of sulfonamides is 1. The Morgan fingerprint density at radius 3 is 2.40 bits per heavy atom. The van der Waals surface area contributed by atoms with Crippen molar-refractivity contribution >= 4 is 10.0 Å². The molecule has 1 atom stereocenters. The molecule has 6 heteroatoms. The lowest BCUT2D eigenvalue weighted by Crippen LogP contribution is -2.38. The van der Waals surface area contributed by atoms with Crippen LogP contribution in [0.2, 0.25) is 0 Å². The third kappa shape index (κ3) is 4.94. The summed E-state index contributed by atoms with van der Waals surface area (Å²) in [5.41, 5.74) is 0.666. The smallest absolute Gasteiger partial charge is 0.240 e. The summed E-state index contributed by atoms with van der Waals surface area (Å²) in [7, 11) is 0.292. The van der Waals surface area contributed by atoms with E-state index in [4.69, 9.17) is 5.11 Å². The van der Waals surface area contributed by atoms with Gasteiger partial charge in [-0.05, 0) is 45.3 Å². The second-order valence-corrected chi connectivity index (χ2v) is 6.42. The minimum Gasteiger partial charge on any atom is -0.384 e. The number of hydrogen-bond acceptors (Lipinski definition) is 4. The van der Waals surface area contributed by atoms with Crippen molar-refractivity contribution in [3.8, 4) is 11.8 Å². The highest BCUT2D eigenvalue weighted by molar-refractivity contribution is 7.89. The summed E-state index contributed by atoms with van der Waals surface area (Å²) in [5.74, 6) is 5.23. The van der Waals surface area contributed by atoms with Crippen molar-refractivity contribution in [1.29, 1.82) is 0 Å². The van der Waals surface area contributed by atoms with Gasteiger partial charge in [0, 0.05) is 18.2 Å². The Balaban J connectivity index is 2.78. The molecular formula is C14H20N2O3S. The van der Waals surface area contributed by atoms with Crippen LogP contribution in [0.25, 0.3) is 0 Å². The molecule has 2 N–H and O–H groups in total. The van der Waals surface area contributed by atoms with E-state index in [1.807, 2.05) is 25.9 Å². The number of rotatable bonds is 5. The number of hydrogen-bond donors (Lipinski definition) is 2. The summed E-state index contributed by atoms with van der Waals surface area (Å²) in [6.07, 6.45) is 0. The zero-order valence-corrected chi connectivity index (χ0v) is 12.7. The van der Waals surface area contributed by atoms with Gasteiger partial charge in [0.05, 0.1) is 4.90 Å². The van der Waals surface area contributed by atoms with Gasteiger partial charge in [-0.15, -0.1) is 0 Å². The highest BCUT2D eigenvalue weighted by Crippen LogP contribution is 2.10. The molecule has 5 nitrogen and oxygen atoms in total. The van der Waals surface area contributed by atoms with Crippen LogP contribution in [0.1, 0.15) is 12.5 Å². The van der Waals surface area contributed by atoms with E-state index in [0.717, 1.165) is 0 Å². The maximum Gasteiger partial charge on any atom is 0.240 e. The number of aliphatic hydroxyl groups is 1. The van der Waals surface area contributed by atoms with Crippen molar-refractivity contribution in [1.82, 2.24) is 9.62 Å². The monoisotopic (exact) mass is 296 g/mol. The van der Waals surface area contributed by atoms with E-state index in [0.29, 0.717) is 12.1 Å². The first-order chi connectivity index (χ1) is 9.36. The SMILES string of the molecule is CC(CNS(=O)(=O)c1ccc(C#CCO)cc1)N(C)C. The lowest BCUT2D eigenvalue weighted by molar-refractivity contribution is 0.314. The molecule has 1 unspecified atom stereocenters. The average Bonchev–Trinajstić information content (AvgIpc) is 2.43. The molecule has 20 heavy (non-hydrogen) atoms. The van der Waals surface area contributed by atoms with Crippen LogP contribution >= 0.6 is 0 Å². The molecule has 0 aliphatic carbocycles. The summed E-state index contributed by atoms with van der Waals surface area (Å²) in [5, 5.41) is 8.59. The van der Waals surface area contributed by atoms with Crippen LogP contribution in [0, 0.1) is 11.8 Å². The molecule has 110 valence electrons. The Bertz CT molecular complexity index is 583. The molecular weight excluding hydrogens is 276 g/mol. The number of benzene rings is 1. The molecule has 0 aliphatic heterocycles. The summed E-state index contributed by atoms with van der Waals surface area (Å²) in [6.45, 7) is 2.07. The quantitative estimate of drug-likeness (QED) is 0.765. The standard InChI is InChI=1S/C14H20N2O3S/c1-12(16(2)3)11-15-20(18,19)14-8-6-13(7-9-14)5-4-10-17/h6-9,12,15,17H,10-11H2,1-3H3. The Labute approximate surface area is 120 Å². The van der Waals surface area contributed by atoms with E-state index in [1.165, 1.54) is 12.1 Å². The minimum atomic E-state index is -3.50. The first-order valence-electron chi connectivity index (χ1n) is 6.22. The van der Waals surface area contributed by atoms with Crippen LogP contribution in [0.15, 0.2) is 29.2 Å². The van der Waals surface area contributed by atoms with Gasteiger partial charge in [0.25, 0.3) is 0 Å². The van der Waals surface area contributed by atoms with Gasteiger partial charge in [-0.25, -0.2) is 13.1 Å². The molecule has 1 rings (SSSR count). The maximum atomic E-state index is 12.1. The van der Waals surface area contributed by atoms with Crippen molar-refractivity contribution in [2.45, 2.75) is 17.9 Å². The predicted molar refractivity (Wildman–Crippen MR) is 78.7 cm³/mol. The third-order valence-corrected chi connectivity index (χ3v) is 4.37. The largest absolute Gasteiger partial charge is 0.384 e. The highest BCUT2D eigenvalue weighted by atomic mass is 32.2. The summed E-state index contributed by atoms with van der Waals surface area (Å²) < 4.78 is 26.7. The highest BCUT2D eigenvalue weighted by Gasteiger charge is 2.15. The number of aliphatic hydroxyl groups excluding tert-OH is 1. The predicted octanol–water partition coefficient (Wildman–Crippen LogP) is 0.259. The Kier molecular flexibility index (Phi) is 6.17. The zero-order chi connectivity index (χ0) is 15.2. The molecule has 1 aromatic carbocycles. The summed E-state index contributed by atoms with van der Waals surface area (Å²) in [4.78, 5) is 2.15.